The van der Waals surface area contributed by atoms with Crippen molar-refractivity contribution in [1.82, 2.24) is 4.90 Å². The first-order chi connectivity index (χ1) is 7.49. The van der Waals surface area contributed by atoms with E-state index in [0.29, 0.717) is 18.9 Å². The van der Waals surface area contributed by atoms with Gasteiger partial charge in [0.25, 0.3) is 0 Å². The first kappa shape index (κ1) is 13.0. The number of amides is 1. The highest BCUT2D eigenvalue weighted by Crippen LogP contribution is 2.24. The number of hydrogen-bond donors (Lipinski definition) is 1. The van der Waals surface area contributed by atoms with Crippen LogP contribution in [0.2, 0.25) is 0 Å². The van der Waals surface area contributed by atoms with E-state index in [2.05, 4.69) is 0 Å². The molecule has 1 fully saturated rings. The Kier molecular flexibility index (Phi) is 4.33. The fourth-order valence-electron chi connectivity index (χ4n) is 2.15. The minimum atomic E-state index is -0.873. The summed E-state index contributed by atoms with van der Waals surface area (Å²) in [5.41, 5.74) is 0. The predicted molar refractivity (Wildman–Crippen MR) is 61.0 cm³/mol. The Hall–Kier alpha value is -1.06. The molecule has 0 bridgehead atoms. The van der Waals surface area contributed by atoms with E-state index < -0.39 is 12.0 Å². The van der Waals surface area contributed by atoms with Crippen molar-refractivity contribution in [3.05, 3.63) is 0 Å². The average Bonchev–Trinajstić information content (AvgIpc) is 2.74. The second-order valence-corrected chi connectivity index (χ2v) is 4.70. The van der Waals surface area contributed by atoms with E-state index >= 15 is 0 Å². The number of carboxylic acids is 1. The molecule has 1 aliphatic heterocycles. The largest absolute Gasteiger partial charge is 0.480 e. The van der Waals surface area contributed by atoms with E-state index in [-0.39, 0.29) is 11.8 Å². The Morgan fingerprint density at radius 2 is 2.06 bits per heavy atom. The summed E-state index contributed by atoms with van der Waals surface area (Å²) in [4.78, 5) is 24.6. The molecule has 3 unspecified atom stereocenters. The lowest BCUT2D eigenvalue weighted by atomic mass is 9.92. The number of carboxylic acid groups (broad SMARTS) is 1. The first-order valence-corrected chi connectivity index (χ1v) is 6.02. The van der Waals surface area contributed by atoms with Crippen molar-refractivity contribution in [3.63, 3.8) is 0 Å². The summed E-state index contributed by atoms with van der Waals surface area (Å²) in [7, 11) is 0. The lowest BCUT2D eigenvalue weighted by molar-refractivity contribution is -0.150. The third-order valence-corrected chi connectivity index (χ3v) is 3.71. The van der Waals surface area contributed by atoms with E-state index in [0.717, 1.165) is 12.8 Å². The van der Waals surface area contributed by atoms with Crippen LogP contribution in [0.25, 0.3) is 0 Å². The van der Waals surface area contributed by atoms with Crippen molar-refractivity contribution < 1.29 is 14.7 Å². The lowest BCUT2D eigenvalue weighted by Crippen LogP contribution is -2.44. The zero-order chi connectivity index (χ0) is 12.3. The Morgan fingerprint density at radius 1 is 1.44 bits per heavy atom. The minimum Gasteiger partial charge on any atom is -0.480 e. The summed E-state index contributed by atoms with van der Waals surface area (Å²) in [6.07, 6.45) is 2.34. The number of likely N-dealkylation sites (tertiary alicyclic amines) is 1. The molecule has 1 N–H and O–H groups in total. The van der Waals surface area contributed by atoms with E-state index in [4.69, 9.17) is 5.11 Å². The van der Waals surface area contributed by atoms with Crippen LogP contribution in [0.15, 0.2) is 0 Å². The highest BCUT2D eigenvalue weighted by molar-refractivity contribution is 5.85. The van der Waals surface area contributed by atoms with Crippen LogP contribution in [0.1, 0.15) is 40.0 Å². The molecular formula is C12H21NO3. The van der Waals surface area contributed by atoms with Gasteiger partial charge in [0.15, 0.2) is 0 Å². The van der Waals surface area contributed by atoms with Gasteiger partial charge >= 0.3 is 5.97 Å². The van der Waals surface area contributed by atoms with Crippen molar-refractivity contribution in [3.8, 4) is 0 Å². The predicted octanol–water partition coefficient (Wildman–Crippen LogP) is 1.74. The van der Waals surface area contributed by atoms with Crippen molar-refractivity contribution in [2.45, 2.75) is 46.1 Å². The smallest absolute Gasteiger partial charge is 0.326 e. The maximum absolute atomic E-state index is 12.1. The standard InChI is InChI=1S/C12H21NO3/c1-4-8(2)9(3)11(14)13-7-5-6-10(13)12(15)16/h8-10H,4-7H2,1-3H3,(H,15,16). The van der Waals surface area contributed by atoms with Gasteiger partial charge in [0.2, 0.25) is 5.91 Å². The van der Waals surface area contributed by atoms with Gasteiger partial charge in [0, 0.05) is 12.5 Å². The second kappa shape index (κ2) is 5.32. The van der Waals surface area contributed by atoms with Gasteiger partial charge in [-0.3, -0.25) is 4.79 Å². The molecule has 0 spiro atoms. The molecule has 4 nitrogen and oxygen atoms in total. The summed E-state index contributed by atoms with van der Waals surface area (Å²) in [5.74, 6) is -0.644. The molecule has 1 saturated heterocycles. The van der Waals surface area contributed by atoms with Crippen LogP contribution < -0.4 is 0 Å². The first-order valence-electron chi connectivity index (χ1n) is 6.02. The summed E-state index contributed by atoms with van der Waals surface area (Å²) in [6, 6.07) is -0.598. The van der Waals surface area contributed by atoms with Crippen LogP contribution in [0.5, 0.6) is 0 Å². The second-order valence-electron chi connectivity index (χ2n) is 4.70. The fourth-order valence-corrected chi connectivity index (χ4v) is 2.15. The van der Waals surface area contributed by atoms with Gasteiger partial charge in [-0.1, -0.05) is 27.2 Å². The van der Waals surface area contributed by atoms with Gasteiger partial charge in [0.1, 0.15) is 6.04 Å². The Balaban J connectivity index is 2.69. The molecule has 0 saturated carbocycles. The molecule has 1 aliphatic rings. The zero-order valence-corrected chi connectivity index (χ0v) is 10.3. The number of hydrogen-bond acceptors (Lipinski definition) is 2. The van der Waals surface area contributed by atoms with Crippen molar-refractivity contribution >= 4 is 11.9 Å². The minimum absolute atomic E-state index is 0.000694. The number of rotatable bonds is 4. The Bertz CT molecular complexity index is 277. The van der Waals surface area contributed by atoms with E-state index in [1.54, 1.807) is 4.90 Å². The SMILES string of the molecule is CCC(C)C(C)C(=O)N1CCCC1C(=O)O. The van der Waals surface area contributed by atoms with E-state index in [1.807, 2.05) is 20.8 Å². The molecule has 0 radical (unpaired) electrons. The summed E-state index contributed by atoms with van der Waals surface area (Å²) >= 11 is 0. The van der Waals surface area contributed by atoms with Gasteiger partial charge in [-0.15, -0.1) is 0 Å². The van der Waals surface area contributed by atoms with Crippen molar-refractivity contribution in [2.24, 2.45) is 11.8 Å². The zero-order valence-electron chi connectivity index (χ0n) is 10.3. The lowest BCUT2D eigenvalue weighted by Gasteiger charge is -2.27. The molecule has 0 aromatic rings. The van der Waals surface area contributed by atoms with Crippen LogP contribution in [-0.2, 0) is 9.59 Å². The topological polar surface area (TPSA) is 57.6 Å². The molecule has 3 atom stereocenters. The number of nitrogens with zero attached hydrogens (tertiary/aromatic N) is 1. The van der Waals surface area contributed by atoms with Crippen LogP contribution >= 0.6 is 0 Å². The van der Waals surface area contributed by atoms with E-state index in [9.17, 15) is 9.59 Å². The van der Waals surface area contributed by atoms with Gasteiger partial charge in [0.05, 0.1) is 0 Å². The monoisotopic (exact) mass is 227 g/mol. The maximum atomic E-state index is 12.1. The molecule has 0 aliphatic carbocycles. The van der Waals surface area contributed by atoms with E-state index in [1.165, 1.54) is 0 Å². The Morgan fingerprint density at radius 3 is 2.56 bits per heavy atom. The van der Waals surface area contributed by atoms with Crippen molar-refractivity contribution in [1.29, 1.82) is 0 Å². The van der Waals surface area contributed by atoms with Gasteiger partial charge in [-0.05, 0) is 18.8 Å². The maximum Gasteiger partial charge on any atom is 0.326 e. The molecule has 1 heterocycles. The van der Waals surface area contributed by atoms with Crippen molar-refractivity contribution in [2.75, 3.05) is 6.54 Å². The molecule has 1 rings (SSSR count). The van der Waals surface area contributed by atoms with Crippen LogP contribution in [0.4, 0.5) is 0 Å². The molecular weight excluding hydrogens is 206 g/mol. The number of carbonyl (C=O) groups is 2. The Labute approximate surface area is 96.6 Å². The highest BCUT2D eigenvalue weighted by atomic mass is 16.4. The summed E-state index contributed by atoms with van der Waals surface area (Å²) in [5, 5.41) is 9.02. The molecule has 0 aromatic carbocycles. The van der Waals surface area contributed by atoms with Crippen LogP contribution in [0, 0.1) is 11.8 Å². The van der Waals surface area contributed by atoms with Gasteiger partial charge in [-0.2, -0.15) is 0 Å². The third kappa shape index (κ3) is 2.54. The molecule has 92 valence electrons. The molecule has 4 heteroatoms. The van der Waals surface area contributed by atoms with Gasteiger partial charge < -0.3 is 10.0 Å². The molecule has 16 heavy (non-hydrogen) atoms. The quantitative estimate of drug-likeness (QED) is 0.796. The third-order valence-electron chi connectivity index (χ3n) is 3.71. The van der Waals surface area contributed by atoms with Crippen LogP contribution in [0.3, 0.4) is 0 Å². The fraction of sp³-hybridized carbons (Fsp3) is 0.833. The number of aliphatic carboxylic acids is 1. The molecule has 1 amide bonds. The summed E-state index contributed by atoms with van der Waals surface area (Å²) < 4.78 is 0. The number of carbonyl (C=O) groups excluding carboxylic acids is 1. The average molecular weight is 227 g/mol. The van der Waals surface area contributed by atoms with Crippen LogP contribution in [-0.4, -0.2) is 34.5 Å². The highest BCUT2D eigenvalue weighted by Gasteiger charge is 2.36. The molecule has 0 aromatic heterocycles. The van der Waals surface area contributed by atoms with Gasteiger partial charge in [-0.25, -0.2) is 4.79 Å². The summed E-state index contributed by atoms with van der Waals surface area (Å²) in [6.45, 7) is 6.58. The normalized spacial score (nSPS) is 24.2.